The molecule has 0 spiro atoms. The van der Waals surface area contributed by atoms with Gasteiger partial charge in [-0.25, -0.2) is 4.68 Å². The fourth-order valence-corrected chi connectivity index (χ4v) is 1.76. The van der Waals surface area contributed by atoms with E-state index < -0.39 is 12.7 Å². The van der Waals surface area contributed by atoms with Crippen molar-refractivity contribution in [1.82, 2.24) is 9.78 Å². The van der Waals surface area contributed by atoms with Gasteiger partial charge in [0.05, 0.1) is 19.3 Å². The number of aromatic nitrogens is 2. The number of aliphatic hydroxyl groups is 2. The maximum atomic E-state index is 11.6. The summed E-state index contributed by atoms with van der Waals surface area (Å²) in [6.07, 6.45) is -1.04. The molecule has 0 saturated heterocycles. The molecule has 20 heavy (non-hydrogen) atoms. The van der Waals surface area contributed by atoms with Crippen LogP contribution in [0.4, 0.5) is 0 Å². The van der Waals surface area contributed by atoms with Crippen molar-refractivity contribution in [2.45, 2.75) is 12.6 Å². The topological polar surface area (TPSA) is 84.6 Å². The lowest BCUT2D eigenvalue weighted by molar-refractivity contribution is 0.0765. The molecule has 7 heteroatoms. The molecule has 0 bridgehead atoms. The third-order valence-corrected chi connectivity index (χ3v) is 3.00. The molecule has 0 amide bonds. The molecule has 1 unspecified atom stereocenters. The van der Waals surface area contributed by atoms with Crippen molar-refractivity contribution in [3.8, 4) is 11.6 Å². The second kappa shape index (κ2) is 6.65. The summed E-state index contributed by atoms with van der Waals surface area (Å²) in [5.74, 6) is 0.811. The second-order valence-electron chi connectivity index (χ2n) is 4.08. The van der Waals surface area contributed by atoms with Gasteiger partial charge in [0, 0.05) is 16.6 Å². The van der Waals surface area contributed by atoms with Crippen molar-refractivity contribution in [2.75, 3.05) is 6.61 Å². The first-order valence-electron chi connectivity index (χ1n) is 5.89. The van der Waals surface area contributed by atoms with E-state index in [0.29, 0.717) is 5.75 Å². The fourth-order valence-electron chi connectivity index (χ4n) is 1.50. The summed E-state index contributed by atoms with van der Waals surface area (Å²) in [6, 6.07) is 9.90. The first kappa shape index (κ1) is 14.7. The SMILES string of the molecule is O=c1ccc(Oc2ccc(Br)cc2)nn1CC(O)CO. The van der Waals surface area contributed by atoms with Crippen molar-refractivity contribution in [3.05, 3.63) is 51.2 Å². The Morgan fingerprint density at radius 2 is 1.95 bits per heavy atom. The molecule has 106 valence electrons. The molecule has 2 N–H and O–H groups in total. The van der Waals surface area contributed by atoms with Crippen molar-refractivity contribution in [2.24, 2.45) is 0 Å². The van der Waals surface area contributed by atoms with E-state index in [1.54, 1.807) is 12.1 Å². The van der Waals surface area contributed by atoms with Gasteiger partial charge in [-0.1, -0.05) is 15.9 Å². The van der Waals surface area contributed by atoms with Crippen LogP contribution in [0, 0.1) is 0 Å². The molecule has 6 nitrogen and oxygen atoms in total. The summed E-state index contributed by atoms with van der Waals surface area (Å²) in [5.41, 5.74) is -0.374. The molecule has 0 aliphatic heterocycles. The summed E-state index contributed by atoms with van der Waals surface area (Å²) in [4.78, 5) is 11.6. The third kappa shape index (κ3) is 3.89. The number of halogens is 1. The predicted molar refractivity (Wildman–Crippen MR) is 75.8 cm³/mol. The Bertz CT molecular complexity index is 627. The fraction of sp³-hybridized carbons (Fsp3) is 0.231. The van der Waals surface area contributed by atoms with Gasteiger partial charge in [-0.3, -0.25) is 4.79 Å². The van der Waals surface area contributed by atoms with Gasteiger partial charge in [-0.05, 0) is 24.3 Å². The molecule has 1 atom stereocenters. The lowest BCUT2D eigenvalue weighted by Crippen LogP contribution is -2.30. The van der Waals surface area contributed by atoms with Crippen LogP contribution in [-0.2, 0) is 6.54 Å². The zero-order chi connectivity index (χ0) is 14.5. The highest BCUT2D eigenvalue weighted by molar-refractivity contribution is 9.10. The highest BCUT2D eigenvalue weighted by Crippen LogP contribution is 2.20. The standard InChI is InChI=1S/C13H13BrN2O4/c14-9-1-3-11(4-2-9)20-12-5-6-13(19)16(15-12)7-10(18)8-17/h1-6,10,17-18H,7-8H2. The Kier molecular flexibility index (Phi) is 4.89. The summed E-state index contributed by atoms with van der Waals surface area (Å²) in [6.45, 7) is -0.529. The van der Waals surface area contributed by atoms with Gasteiger partial charge >= 0.3 is 0 Å². The van der Waals surface area contributed by atoms with Crippen LogP contribution in [-0.4, -0.2) is 32.7 Å². The number of hydrogen-bond acceptors (Lipinski definition) is 5. The average Bonchev–Trinajstić information content (AvgIpc) is 2.45. The van der Waals surface area contributed by atoms with Crippen LogP contribution < -0.4 is 10.3 Å². The van der Waals surface area contributed by atoms with Crippen molar-refractivity contribution in [1.29, 1.82) is 0 Å². The van der Waals surface area contributed by atoms with Crippen LogP contribution in [0.25, 0.3) is 0 Å². The average molecular weight is 341 g/mol. The number of ether oxygens (including phenoxy) is 1. The third-order valence-electron chi connectivity index (χ3n) is 2.47. The molecule has 1 aromatic carbocycles. The number of rotatable bonds is 5. The minimum atomic E-state index is -1.04. The lowest BCUT2D eigenvalue weighted by Gasteiger charge is -2.10. The van der Waals surface area contributed by atoms with E-state index in [1.807, 2.05) is 12.1 Å². The predicted octanol–water partition coefficient (Wildman–Crippen LogP) is 1.15. The van der Waals surface area contributed by atoms with Crippen LogP contribution >= 0.6 is 15.9 Å². The Balaban J connectivity index is 2.18. The first-order chi connectivity index (χ1) is 9.58. The Morgan fingerprint density at radius 1 is 1.25 bits per heavy atom. The van der Waals surface area contributed by atoms with Gasteiger partial charge in [0.1, 0.15) is 5.75 Å². The number of benzene rings is 1. The molecule has 0 saturated carbocycles. The van der Waals surface area contributed by atoms with Gasteiger partial charge in [-0.2, -0.15) is 0 Å². The zero-order valence-corrected chi connectivity index (χ0v) is 12.0. The molecule has 0 fully saturated rings. The van der Waals surface area contributed by atoms with Crippen LogP contribution in [0.15, 0.2) is 45.7 Å². The summed E-state index contributed by atoms with van der Waals surface area (Å²) in [5, 5.41) is 22.1. The largest absolute Gasteiger partial charge is 0.438 e. The monoisotopic (exact) mass is 340 g/mol. The Labute approximate surface area is 123 Å². The summed E-state index contributed by atoms with van der Waals surface area (Å²) in [7, 11) is 0. The van der Waals surface area contributed by atoms with E-state index in [-0.39, 0.29) is 18.0 Å². The van der Waals surface area contributed by atoms with E-state index in [1.165, 1.54) is 12.1 Å². The molecule has 0 aliphatic rings. The highest BCUT2D eigenvalue weighted by atomic mass is 79.9. The maximum absolute atomic E-state index is 11.6. The van der Waals surface area contributed by atoms with E-state index in [2.05, 4.69) is 21.0 Å². The first-order valence-corrected chi connectivity index (χ1v) is 6.68. The molecule has 2 rings (SSSR count). The lowest BCUT2D eigenvalue weighted by atomic mass is 10.3. The molecule has 2 aromatic rings. The van der Waals surface area contributed by atoms with Crippen molar-refractivity contribution in [3.63, 3.8) is 0 Å². The van der Waals surface area contributed by atoms with Gasteiger partial charge < -0.3 is 14.9 Å². The van der Waals surface area contributed by atoms with Crippen LogP contribution in [0.5, 0.6) is 11.6 Å². The van der Waals surface area contributed by atoms with Gasteiger partial charge in [-0.15, -0.1) is 5.10 Å². The number of nitrogens with zero attached hydrogens (tertiary/aromatic N) is 2. The maximum Gasteiger partial charge on any atom is 0.267 e. The number of aliphatic hydroxyl groups excluding tert-OH is 2. The summed E-state index contributed by atoms with van der Waals surface area (Å²) >= 11 is 3.32. The van der Waals surface area contributed by atoms with Crippen LogP contribution in [0.2, 0.25) is 0 Å². The Morgan fingerprint density at radius 3 is 2.60 bits per heavy atom. The van der Waals surface area contributed by atoms with Crippen molar-refractivity contribution < 1.29 is 14.9 Å². The van der Waals surface area contributed by atoms with Crippen LogP contribution in [0.3, 0.4) is 0 Å². The minimum absolute atomic E-state index is 0.0904. The Hall–Kier alpha value is -1.70. The molecular formula is C13H13BrN2O4. The normalized spacial score (nSPS) is 12.2. The quantitative estimate of drug-likeness (QED) is 0.852. The molecular weight excluding hydrogens is 328 g/mol. The number of hydrogen-bond donors (Lipinski definition) is 2. The molecule has 0 radical (unpaired) electrons. The molecule has 0 aliphatic carbocycles. The molecule has 1 heterocycles. The zero-order valence-electron chi connectivity index (χ0n) is 10.4. The van der Waals surface area contributed by atoms with E-state index >= 15 is 0 Å². The highest BCUT2D eigenvalue weighted by Gasteiger charge is 2.08. The van der Waals surface area contributed by atoms with E-state index in [4.69, 9.17) is 9.84 Å². The molecule has 1 aromatic heterocycles. The summed E-state index contributed by atoms with van der Waals surface area (Å²) < 4.78 is 7.48. The van der Waals surface area contributed by atoms with Gasteiger partial charge in [0.25, 0.3) is 5.56 Å². The van der Waals surface area contributed by atoms with Crippen LogP contribution in [0.1, 0.15) is 0 Å². The van der Waals surface area contributed by atoms with E-state index in [0.717, 1.165) is 9.15 Å². The smallest absolute Gasteiger partial charge is 0.267 e. The van der Waals surface area contributed by atoms with Gasteiger partial charge in [0.2, 0.25) is 5.88 Å². The van der Waals surface area contributed by atoms with Gasteiger partial charge in [0.15, 0.2) is 0 Å². The minimum Gasteiger partial charge on any atom is -0.438 e. The second-order valence-corrected chi connectivity index (χ2v) is 5.00. The van der Waals surface area contributed by atoms with Crippen molar-refractivity contribution >= 4 is 15.9 Å². The van der Waals surface area contributed by atoms with E-state index in [9.17, 15) is 9.90 Å².